The number of unbranched alkanes of at least 4 members (excludes halogenated alkanes) is 1. The summed E-state index contributed by atoms with van der Waals surface area (Å²) in [5.41, 5.74) is 2.08. The summed E-state index contributed by atoms with van der Waals surface area (Å²) in [6.45, 7) is 8.29. The number of para-hydroxylation sites is 1. The molecule has 1 heterocycles. The van der Waals surface area contributed by atoms with Crippen LogP contribution < -0.4 is 0 Å². The highest BCUT2D eigenvalue weighted by Gasteiger charge is 1.98. The molecule has 2 nitrogen and oxygen atoms in total. The van der Waals surface area contributed by atoms with E-state index < -0.39 is 0 Å². The Kier molecular flexibility index (Phi) is 4.90. The van der Waals surface area contributed by atoms with Crippen LogP contribution in [-0.2, 0) is 0 Å². The molecule has 0 spiro atoms. The van der Waals surface area contributed by atoms with Crippen LogP contribution in [0.15, 0.2) is 24.3 Å². The van der Waals surface area contributed by atoms with Crippen LogP contribution in [0.5, 0.6) is 0 Å². The maximum atomic E-state index is 4.33. The number of benzene rings is 1. The van der Waals surface area contributed by atoms with Crippen molar-refractivity contribution < 1.29 is 0 Å². The van der Waals surface area contributed by atoms with Gasteiger partial charge < -0.3 is 0 Å². The normalized spacial score (nSPS) is 9.75. The highest BCUT2D eigenvalue weighted by molar-refractivity contribution is 5.80. The van der Waals surface area contributed by atoms with Crippen LogP contribution in [0.25, 0.3) is 10.9 Å². The molecule has 0 saturated heterocycles. The average molecular weight is 216 g/mol. The monoisotopic (exact) mass is 216 g/mol. The molecule has 0 fully saturated rings. The van der Waals surface area contributed by atoms with E-state index in [1.54, 1.807) is 0 Å². The molecule has 16 heavy (non-hydrogen) atoms. The lowest BCUT2D eigenvalue weighted by atomic mass is 10.2. The van der Waals surface area contributed by atoms with Gasteiger partial charge in [0.2, 0.25) is 0 Å². The molecule has 2 heteroatoms. The third-order valence-electron chi connectivity index (χ3n) is 2.41. The first-order valence-corrected chi connectivity index (χ1v) is 5.89. The second-order valence-electron chi connectivity index (χ2n) is 3.87. The fourth-order valence-electron chi connectivity index (χ4n) is 1.38. The van der Waals surface area contributed by atoms with Crippen molar-refractivity contribution in [2.75, 3.05) is 0 Å². The average Bonchev–Trinajstić information content (AvgIpc) is 2.29. The van der Waals surface area contributed by atoms with Crippen LogP contribution in [0.2, 0.25) is 0 Å². The number of aryl methyl sites for hydroxylation is 2. The minimum Gasteiger partial charge on any atom is -0.238 e. The van der Waals surface area contributed by atoms with Crippen LogP contribution in [0, 0.1) is 13.8 Å². The molecule has 1 aromatic carbocycles. The van der Waals surface area contributed by atoms with E-state index in [4.69, 9.17) is 0 Å². The van der Waals surface area contributed by atoms with Crippen molar-refractivity contribution in [1.29, 1.82) is 0 Å². The molecular weight excluding hydrogens is 196 g/mol. The lowest BCUT2D eigenvalue weighted by molar-refractivity contribution is 0.886. The summed E-state index contributed by atoms with van der Waals surface area (Å²) < 4.78 is 0. The predicted molar refractivity (Wildman–Crippen MR) is 69.6 cm³/mol. The number of aromatic nitrogens is 2. The molecule has 0 bridgehead atoms. The fraction of sp³-hybridized carbons (Fsp3) is 0.429. The second-order valence-corrected chi connectivity index (χ2v) is 3.87. The summed E-state index contributed by atoms with van der Waals surface area (Å²) in [7, 11) is 0. The van der Waals surface area contributed by atoms with Gasteiger partial charge >= 0.3 is 0 Å². The number of fused-ring (bicyclic) bond motifs is 1. The Morgan fingerprint density at radius 2 is 1.56 bits per heavy atom. The standard InChI is InChI=1S/C10H10N2.C4H10/c1-7-9-5-3-4-6-10(9)12-8(2)11-7;1-3-4-2/h3-6H,1-2H3;3-4H2,1-2H3. The van der Waals surface area contributed by atoms with E-state index >= 15 is 0 Å². The van der Waals surface area contributed by atoms with Crippen LogP contribution in [-0.4, -0.2) is 9.97 Å². The molecule has 2 aromatic rings. The third-order valence-corrected chi connectivity index (χ3v) is 2.41. The molecule has 0 aliphatic carbocycles. The Morgan fingerprint density at radius 1 is 0.938 bits per heavy atom. The van der Waals surface area contributed by atoms with Crippen LogP contribution in [0.1, 0.15) is 38.2 Å². The van der Waals surface area contributed by atoms with Crippen LogP contribution in [0.4, 0.5) is 0 Å². The number of hydrogen-bond donors (Lipinski definition) is 0. The molecule has 86 valence electrons. The Bertz CT molecular complexity index is 447. The molecule has 0 aliphatic heterocycles. The van der Waals surface area contributed by atoms with E-state index in [1.807, 2.05) is 38.1 Å². The number of rotatable bonds is 1. The topological polar surface area (TPSA) is 25.8 Å². The van der Waals surface area contributed by atoms with Gasteiger partial charge in [0, 0.05) is 11.1 Å². The Balaban J connectivity index is 0.000000280. The van der Waals surface area contributed by atoms with Crippen molar-refractivity contribution in [3.63, 3.8) is 0 Å². The fourth-order valence-corrected chi connectivity index (χ4v) is 1.38. The summed E-state index contributed by atoms with van der Waals surface area (Å²) in [6.07, 6.45) is 2.64. The van der Waals surface area contributed by atoms with Crippen LogP contribution in [0.3, 0.4) is 0 Å². The summed E-state index contributed by atoms with van der Waals surface area (Å²) >= 11 is 0. The molecule has 0 N–H and O–H groups in total. The van der Waals surface area contributed by atoms with E-state index in [9.17, 15) is 0 Å². The zero-order valence-corrected chi connectivity index (χ0v) is 10.6. The maximum Gasteiger partial charge on any atom is 0.126 e. The first-order valence-electron chi connectivity index (χ1n) is 5.89. The largest absolute Gasteiger partial charge is 0.238 e. The number of nitrogens with zero attached hydrogens (tertiary/aromatic N) is 2. The zero-order chi connectivity index (χ0) is 12.0. The lowest BCUT2D eigenvalue weighted by Crippen LogP contribution is -1.92. The molecule has 0 aliphatic rings. The quantitative estimate of drug-likeness (QED) is 0.718. The van der Waals surface area contributed by atoms with Gasteiger partial charge in [-0.3, -0.25) is 0 Å². The highest BCUT2D eigenvalue weighted by Crippen LogP contribution is 2.13. The summed E-state index contributed by atoms with van der Waals surface area (Å²) in [5.74, 6) is 0.839. The third kappa shape index (κ3) is 3.30. The van der Waals surface area contributed by atoms with Gasteiger partial charge in [0.15, 0.2) is 0 Å². The molecule has 0 amide bonds. The van der Waals surface area contributed by atoms with Crippen molar-refractivity contribution in [2.45, 2.75) is 40.5 Å². The minimum atomic E-state index is 0.839. The zero-order valence-electron chi connectivity index (χ0n) is 10.6. The van der Waals surface area contributed by atoms with E-state index in [1.165, 1.54) is 12.8 Å². The van der Waals surface area contributed by atoms with Crippen molar-refractivity contribution in [1.82, 2.24) is 9.97 Å². The summed E-state index contributed by atoms with van der Waals surface area (Å²) in [5, 5.41) is 1.14. The van der Waals surface area contributed by atoms with Crippen molar-refractivity contribution in [3.8, 4) is 0 Å². The first kappa shape index (κ1) is 12.6. The first-order chi connectivity index (χ1) is 7.69. The van der Waals surface area contributed by atoms with Crippen LogP contribution >= 0.6 is 0 Å². The highest BCUT2D eigenvalue weighted by atomic mass is 14.9. The maximum absolute atomic E-state index is 4.33. The molecule has 1 aromatic heterocycles. The van der Waals surface area contributed by atoms with Gasteiger partial charge in [0.1, 0.15) is 5.82 Å². The second kappa shape index (κ2) is 6.21. The summed E-state index contributed by atoms with van der Waals surface area (Å²) in [4.78, 5) is 8.62. The van der Waals surface area contributed by atoms with E-state index in [-0.39, 0.29) is 0 Å². The molecule has 2 rings (SSSR count). The minimum absolute atomic E-state index is 0.839. The van der Waals surface area contributed by atoms with Gasteiger partial charge in [-0.2, -0.15) is 0 Å². The van der Waals surface area contributed by atoms with Crippen molar-refractivity contribution in [2.24, 2.45) is 0 Å². The smallest absolute Gasteiger partial charge is 0.126 e. The van der Waals surface area contributed by atoms with Crippen molar-refractivity contribution >= 4 is 10.9 Å². The molecule has 0 unspecified atom stereocenters. The van der Waals surface area contributed by atoms with E-state index in [0.717, 1.165) is 22.4 Å². The van der Waals surface area contributed by atoms with Gasteiger partial charge in [-0.1, -0.05) is 44.9 Å². The van der Waals surface area contributed by atoms with Crippen molar-refractivity contribution in [3.05, 3.63) is 35.8 Å². The molecular formula is C14H20N2. The molecule has 0 radical (unpaired) electrons. The SMILES string of the molecule is CCCC.Cc1nc(C)c2ccccc2n1. The molecule has 0 saturated carbocycles. The Labute approximate surface area is 97.7 Å². The van der Waals surface area contributed by atoms with E-state index in [2.05, 4.69) is 23.8 Å². The predicted octanol–water partition coefficient (Wildman–Crippen LogP) is 4.05. The van der Waals surface area contributed by atoms with E-state index in [0.29, 0.717) is 0 Å². The van der Waals surface area contributed by atoms with Gasteiger partial charge in [-0.25, -0.2) is 9.97 Å². The lowest BCUT2D eigenvalue weighted by Gasteiger charge is -2.00. The Morgan fingerprint density at radius 3 is 2.19 bits per heavy atom. The molecule has 0 atom stereocenters. The van der Waals surface area contributed by atoms with Gasteiger partial charge in [0.05, 0.1) is 5.52 Å². The van der Waals surface area contributed by atoms with Gasteiger partial charge in [-0.05, 0) is 19.9 Å². The number of hydrogen-bond acceptors (Lipinski definition) is 2. The van der Waals surface area contributed by atoms with Gasteiger partial charge in [0.25, 0.3) is 0 Å². The summed E-state index contributed by atoms with van der Waals surface area (Å²) in [6, 6.07) is 8.06. The van der Waals surface area contributed by atoms with Gasteiger partial charge in [-0.15, -0.1) is 0 Å². The Hall–Kier alpha value is -1.44.